The molecular weight excluding hydrogens is 958 g/mol. The summed E-state index contributed by atoms with van der Waals surface area (Å²) < 4.78 is 0. The third-order valence-electron chi connectivity index (χ3n) is 18.1. The van der Waals surface area contributed by atoms with Crippen LogP contribution in [0.3, 0.4) is 0 Å². The first-order valence-electron chi connectivity index (χ1n) is 28.7. The lowest BCUT2D eigenvalue weighted by Crippen LogP contribution is -2.52. The van der Waals surface area contributed by atoms with Gasteiger partial charge in [0.25, 0.3) is 0 Å². The second-order valence-corrected chi connectivity index (χ2v) is 23.6. The summed E-state index contributed by atoms with van der Waals surface area (Å²) in [7, 11) is 0. The molecule has 0 heterocycles. The Hall–Kier alpha value is -9.23. The van der Waals surface area contributed by atoms with Gasteiger partial charge in [0.15, 0.2) is 0 Å². The van der Waals surface area contributed by atoms with Gasteiger partial charge in [0.2, 0.25) is 13.4 Å². The molecule has 16 rings (SSSR count). The monoisotopic (exact) mass is 1010 g/mol. The molecule has 80 heavy (non-hydrogen) atoms. The maximum Gasteiger partial charge on any atom is 0.242 e. The van der Waals surface area contributed by atoms with Crippen LogP contribution in [0.5, 0.6) is 0 Å². The van der Waals surface area contributed by atoms with Crippen LogP contribution in [0.2, 0.25) is 0 Å². The molecule has 0 atom stereocenters. The number of benzene rings is 16. The van der Waals surface area contributed by atoms with E-state index in [-0.39, 0.29) is 25.3 Å². The largest absolute Gasteiger partial charge is 0.242 e. The molecule has 0 fully saturated rings. The van der Waals surface area contributed by atoms with E-state index in [0.29, 0.717) is 0 Å². The van der Waals surface area contributed by atoms with Crippen molar-refractivity contribution < 1.29 is 0 Å². The van der Waals surface area contributed by atoms with Gasteiger partial charge in [0.05, 0.1) is 0 Å². The molecule has 0 bridgehead atoms. The zero-order valence-corrected chi connectivity index (χ0v) is 45.6. The fraction of sp³-hybridized carbons (Fsp3) is 0.0769. The van der Waals surface area contributed by atoms with Gasteiger partial charge in [-0.2, -0.15) is 0 Å². The second-order valence-electron chi connectivity index (χ2n) is 23.6. The van der Waals surface area contributed by atoms with E-state index >= 15 is 0 Å². The summed E-state index contributed by atoms with van der Waals surface area (Å²) in [6, 6.07) is 98.3. The SMILES string of the molecule is CC(C)c1cc(B(c2ccc3cc4ccccc4cc3c2)c2ccc3cc4ccccc4cc3c2)c2ccc3c(C(C)C)cc(B(c4ccc5cc6ccccc6cc5c4)c4ccc5cc6ccccc6cc5c4)c4ccc1c2c43. The van der Waals surface area contributed by atoms with Crippen LogP contribution < -0.4 is 32.8 Å². The molecule has 0 spiro atoms. The smallest absolute Gasteiger partial charge is 0.0680 e. The summed E-state index contributed by atoms with van der Waals surface area (Å²) in [6.45, 7) is 9.45. The third-order valence-corrected chi connectivity index (χ3v) is 18.1. The quantitative estimate of drug-likeness (QED) is 0.0808. The van der Waals surface area contributed by atoms with Crippen molar-refractivity contribution in [1.82, 2.24) is 0 Å². The summed E-state index contributed by atoms with van der Waals surface area (Å²) in [6.07, 6.45) is 0. The molecule has 0 aromatic heterocycles. The normalized spacial score (nSPS) is 12.2. The summed E-state index contributed by atoms with van der Waals surface area (Å²) >= 11 is 0. The Morgan fingerprint density at radius 1 is 0.212 bits per heavy atom. The van der Waals surface area contributed by atoms with Gasteiger partial charge in [0.1, 0.15) is 0 Å². The Kier molecular flexibility index (Phi) is 10.6. The molecule has 0 saturated carbocycles. The van der Waals surface area contributed by atoms with Gasteiger partial charge in [0, 0.05) is 0 Å². The molecule has 0 unspecified atom stereocenters. The van der Waals surface area contributed by atoms with E-state index in [0.717, 1.165) is 0 Å². The first-order valence-corrected chi connectivity index (χ1v) is 28.7. The number of fused-ring (bicyclic) bond motifs is 8. The molecule has 0 amide bonds. The van der Waals surface area contributed by atoms with Gasteiger partial charge in [-0.3, -0.25) is 0 Å². The third kappa shape index (κ3) is 7.53. The lowest BCUT2D eigenvalue weighted by atomic mass is 9.35. The highest BCUT2D eigenvalue weighted by Gasteiger charge is 2.31. The minimum Gasteiger partial charge on any atom is -0.0680 e. The zero-order valence-electron chi connectivity index (χ0n) is 45.6. The fourth-order valence-electron chi connectivity index (χ4n) is 14.2. The standard InChI is InChI=1S/C78H56B2/c1-47(2)73-45-75(79(65-25-21-57-33-49-13-5-9-17-53(49)37-61(57)41-65)66-26-22-58-34-50-14-6-10-18-54(50)38-62(58)42-66)71-32-30-70-74(48(3)4)46-76(72-31-29-69(73)77(71)78(70)72)80(67-27-23-59-35-51-15-7-11-19-55(51)39-63(59)43-67)68-28-24-60-36-52-16-8-12-20-56(52)40-64(60)44-68/h5-48H,1-4H3. The Labute approximate surface area is 467 Å². The molecule has 0 nitrogen and oxygen atoms in total. The summed E-state index contributed by atoms with van der Waals surface area (Å²) in [5.74, 6) is 0.563. The minimum absolute atomic E-state index is 0.0528. The van der Waals surface area contributed by atoms with Gasteiger partial charge >= 0.3 is 0 Å². The van der Waals surface area contributed by atoms with Crippen LogP contribution in [-0.4, -0.2) is 13.4 Å². The first kappa shape index (κ1) is 46.8. The highest BCUT2D eigenvalue weighted by atomic mass is 14.2. The molecule has 0 N–H and O–H groups in total. The lowest BCUT2D eigenvalue weighted by molar-refractivity contribution is 0.877. The van der Waals surface area contributed by atoms with Crippen LogP contribution in [0.4, 0.5) is 0 Å². The summed E-state index contributed by atoms with van der Waals surface area (Å²) in [5, 5.41) is 28.3. The van der Waals surface area contributed by atoms with Crippen molar-refractivity contribution in [3.8, 4) is 0 Å². The van der Waals surface area contributed by atoms with E-state index < -0.39 is 0 Å². The molecule has 0 radical (unpaired) electrons. The van der Waals surface area contributed by atoms with Crippen LogP contribution in [-0.2, 0) is 0 Å². The average molecular weight is 1010 g/mol. The highest BCUT2D eigenvalue weighted by Crippen LogP contribution is 2.41. The Morgan fingerprint density at radius 2 is 0.438 bits per heavy atom. The van der Waals surface area contributed by atoms with E-state index in [1.807, 2.05) is 0 Å². The van der Waals surface area contributed by atoms with Gasteiger partial charge < -0.3 is 0 Å². The fourth-order valence-corrected chi connectivity index (χ4v) is 14.2. The molecule has 2 heteroatoms. The molecule has 0 aliphatic carbocycles. The van der Waals surface area contributed by atoms with Crippen molar-refractivity contribution in [2.75, 3.05) is 0 Å². The Bertz CT molecular complexity index is 4650. The van der Waals surface area contributed by atoms with Crippen LogP contribution in [0, 0.1) is 0 Å². The maximum absolute atomic E-state index is 2.59. The average Bonchev–Trinajstić information content (AvgIpc) is 3.55. The van der Waals surface area contributed by atoms with Crippen LogP contribution >= 0.6 is 0 Å². The van der Waals surface area contributed by atoms with Crippen LogP contribution in [0.15, 0.2) is 255 Å². The molecule has 0 aliphatic rings. The molecule has 0 aliphatic heterocycles. The van der Waals surface area contributed by atoms with Gasteiger partial charge in [-0.15, -0.1) is 0 Å². The second kappa shape index (κ2) is 18.2. The predicted molar refractivity (Wildman–Crippen MR) is 353 cm³/mol. The van der Waals surface area contributed by atoms with Gasteiger partial charge in [-0.25, -0.2) is 0 Å². The topological polar surface area (TPSA) is 0 Å². The molecule has 374 valence electrons. The zero-order chi connectivity index (χ0) is 53.3. The first-order chi connectivity index (χ1) is 39.2. The van der Waals surface area contributed by atoms with E-state index in [1.165, 1.54) is 162 Å². The van der Waals surface area contributed by atoms with Gasteiger partial charge in [-0.05, 0) is 190 Å². The van der Waals surface area contributed by atoms with Crippen molar-refractivity contribution in [1.29, 1.82) is 0 Å². The molecule has 16 aromatic rings. The maximum atomic E-state index is 2.59. The van der Waals surface area contributed by atoms with Crippen molar-refractivity contribution in [3.63, 3.8) is 0 Å². The Balaban J connectivity index is 0.986. The molecule has 16 aromatic carbocycles. The lowest BCUT2D eigenvalue weighted by Gasteiger charge is -2.27. The van der Waals surface area contributed by atoms with E-state index in [1.54, 1.807) is 0 Å². The summed E-state index contributed by atoms with van der Waals surface area (Å²) in [4.78, 5) is 0. The number of rotatable bonds is 8. The number of hydrogen-bond acceptors (Lipinski definition) is 0. The number of hydrogen-bond donors (Lipinski definition) is 0. The van der Waals surface area contributed by atoms with Gasteiger partial charge in [-0.1, -0.05) is 267 Å². The van der Waals surface area contributed by atoms with Crippen molar-refractivity contribution in [2.45, 2.75) is 39.5 Å². The van der Waals surface area contributed by atoms with Crippen molar-refractivity contribution in [2.24, 2.45) is 0 Å². The van der Waals surface area contributed by atoms with E-state index in [4.69, 9.17) is 0 Å². The van der Waals surface area contributed by atoms with Crippen LogP contribution in [0.25, 0.3) is 118 Å². The van der Waals surface area contributed by atoms with E-state index in [2.05, 4.69) is 282 Å². The van der Waals surface area contributed by atoms with Crippen molar-refractivity contribution in [3.05, 3.63) is 266 Å². The van der Waals surface area contributed by atoms with E-state index in [9.17, 15) is 0 Å². The Morgan fingerprint density at radius 3 is 0.688 bits per heavy atom. The van der Waals surface area contributed by atoms with Crippen molar-refractivity contribution >= 4 is 165 Å². The predicted octanol–water partition coefficient (Wildman–Crippen LogP) is 17.1. The highest BCUT2D eigenvalue weighted by molar-refractivity contribution is 6.98. The molecule has 0 saturated heterocycles. The summed E-state index contributed by atoms with van der Waals surface area (Å²) in [5.41, 5.74) is 10.7. The minimum atomic E-state index is -0.0528. The molecular formula is C78H56B2. The van der Waals surface area contributed by atoms with Crippen LogP contribution in [0.1, 0.15) is 50.7 Å².